The highest BCUT2D eigenvalue weighted by molar-refractivity contribution is 7.17. The van der Waals surface area contributed by atoms with E-state index in [9.17, 15) is 9.59 Å². The minimum Gasteiger partial charge on any atom is -0.461 e. The van der Waals surface area contributed by atoms with Crippen LogP contribution in [-0.2, 0) is 11.2 Å². The maximum atomic E-state index is 12.9. The number of aryl methyl sites for hydroxylation is 1. The van der Waals surface area contributed by atoms with Gasteiger partial charge in [-0.1, -0.05) is 50.8 Å². The van der Waals surface area contributed by atoms with Gasteiger partial charge in [0.15, 0.2) is 11.0 Å². The molecule has 1 amide bonds. The first-order chi connectivity index (χ1) is 18.5. The van der Waals surface area contributed by atoms with Crippen LogP contribution in [0.2, 0.25) is 5.15 Å². The van der Waals surface area contributed by atoms with Crippen LogP contribution in [0.15, 0.2) is 23.7 Å². The average Bonchev–Trinajstić information content (AvgIpc) is 3.56. The predicted octanol–water partition coefficient (Wildman–Crippen LogP) is 4.43. The number of nitrogens with zero attached hydrogens (tertiary/aromatic N) is 3. The molecule has 2 unspecified atom stereocenters. The number of amides is 1. The molecule has 9 nitrogen and oxygen atoms in total. The number of aromatic amines is 1. The van der Waals surface area contributed by atoms with Gasteiger partial charge in [0, 0.05) is 31.7 Å². The first kappa shape index (κ1) is 28.5. The summed E-state index contributed by atoms with van der Waals surface area (Å²) in [7, 11) is 0. The van der Waals surface area contributed by atoms with E-state index in [1.807, 2.05) is 19.1 Å². The number of unbranched alkanes of at least 4 members (excludes halogenated alkanes) is 3. The van der Waals surface area contributed by atoms with Gasteiger partial charge in [-0.05, 0) is 37.9 Å². The lowest BCUT2D eigenvalue weighted by atomic mass is 9.98. The Kier molecular flexibility index (Phi) is 10.5. The molecule has 0 bridgehead atoms. The Hall–Kier alpha value is -2.53. The van der Waals surface area contributed by atoms with Crippen LogP contribution in [0.5, 0.6) is 0 Å². The molecule has 3 N–H and O–H groups in total. The second kappa shape index (κ2) is 14.0. The van der Waals surface area contributed by atoms with Crippen molar-refractivity contribution in [3.05, 3.63) is 45.9 Å². The predicted molar refractivity (Wildman–Crippen MR) is 151 cm³/mol. The number of carbonyl (C=O) groups is 2. The maximum Gasteiger partial charge on any atom is 0.339 e. The largest absolute Gasteiger partial charge is 0.461 e. The Labute approximate surface area is 232 Å². The van der Waals surface area contributed by atoms with Crippen LogP contribution < -0.4 is 10.6 Å². The van der Waals surface area contributed by atoms with Gasteiger partial charge in [0.05, 0.1) is 27.0 Å². The highest BCUT2D eigenvalue weighted by Gasteiger charge is 2.31. The van der Waals surface area contributed by atoms with Crippen molar-refractivity contribution in [3.8, 4) is 0 Å². The van der Waals surface area contributed by atoms with Crippen LogP contribution in [0.25, 0.3) is 10.2 Å². The summed E-state index contributed by atoms with van der Waals surface area (Å²) in [6.07, 6.45) is 6.16. The Morgan fingerprint density at radius 2 is 2.11 bits per heavy atom. The zero-order valence-electron chi connectivity index (χ0n) is 22.1. The number of piperidine rings is 1. The van der Waals surface area contributed by atoms with E-state index in [1.54, 1.807) is 11.6 Å². The summed E-state index contributed by atoms with van der Waals surface area (Å²) >= 11 is 7.59. The Balaban J connectivity index is 1.31. The van der Waals surface area contributed by atoms with Gasteiger partial charge in [0.2, 0.25) is 0 Å². The summed E-state index contributed by atoms with van der Waals surface area (Å²) in [5, 5.41) is 7.17. The van der Waals surface area contributed by atoms with Crippen molar-refractivity contribution in [3.63, 3.8) is 0 Å². The fourth-order valence-electron chi connectivity index (χ4n) is 4.80. The second-order valence-electron chi connectivity index (χ2n) is 9.64. The summed E-state index contributed by atoms with van der Waals surface area (Å²) in [5.41, 5.74) is 3.87. The molecule has 3 aromatic rings. The van der Waals surface area contributed by atoms with Gasteiger partial charge in [-0.25, -0.2) is 14.8 Å². The van der Waals surface area contributed by atoms with E-state index in [4.69, 9.17) is 16.3 Å². The smallest absolute Gasteiger partial charge is 0.339 e. The molecule has 3 heterocycles. The number of thiazole rings is 1. The Morgan fingerprint density at radius 1 is 1.24 bits per heavy atom. The number of fused-ring (bicyclic) bond motifs is 1. The fourth-order valence-corrected chi connectivity index (χ4v) is 5.86. The van der Waals surface area contributed by atoms with Gasteiger partial charge in [-0.2, -0.15) is 0 Å². The van der Waals surface area contributed by atoms with Crippen LogP contribution in [0.4, 0.5) is 0 Å². The van der Waals surface area contributed by atoms with Crippen molar-refractivity contribution in [1.82, 2.24) is 30.5 Å². The maximum absolute atomic E-state index is 12.9. The molecule has 38 heavy (non-hydrogen) atoms. The number of nitrogens with one attached hydrogen (secondary N) is 3. The number of hydrogen-bond donors (Lipinski definition) is 3. The Bertz CT molecular complexity index is 1210. The second-order valence-corrected chi connectivity index (χ2v) is 10.9. The highest BCUT2D eigenvalue weighted by Crippen LogP contribution is 2.23. The van der Waals surface area contributed by atoms with Crippen molar-refractivity contribution in [1.29, 1.82) is 0 Å². The number of likely N-dealkylation sites (tertiary alicyclic amines) is 1. The minimum atomic E-state index is -0.323. The molecule has 0 saturated carbocycles. The molecule has 206 valence electrons. The lowest BCUT2D eigenvalue weighted by molar-refractivity contribution is 0.0430. The molecule has 1 fully saturated rings. The number of ether oxygens (including phenoxy) is 1. The van der Waals surface area contributed by atoms with Gasteiger partial charge >= 0.3 is 5.97 Å². The normalized spacial score (nSPS) is 18.1. The number of hydrogen-bond acceptors (Lipinski definition) is 8. The van der Waals surface area contributed by atoms with Crippen molar-refractivity contribution in [2.45, 2.75) is 64.5 Å². The van der Waals surface area contributed by atoms with Crippen molar-refractivity contribution in [2.75, 3.05) is 32.8 Å². The van der Waals surface area contributed by atoms with E-state index in [2.05, 4.69) is 37.4 Å². The fraction of sp³-hybridized carbons (Fsp3) is 0.556. The van der Waals surface area contributed by atoms with E-state index in [-0.39, 0.29) is 29.8 Å². The van der Waals surface area contributed by atoms with Crippen molar-refractivity contribution in [2.24, 2.45) is 0 Å². The van der Waals surface area contributed by atoms with E-state index in [0.29, 0.717) is 30.3 Å². The van der Waals surface area contributed by atoms with Crippen LogP contribution >= 0.6 is 22.9 Å². The molecule has 2 atom stereocenters. The van der Waals surface area contributed by atoms with Gasteiger partial charge < -0.3 is 20.4 Å². The number of benzene rings is 1. The third kappa shape index (κ3) is 7.31. The molecule has 1 aliphatic rings. The van der Waals surface area contributed by atoms with E-state index in [0.717, 1.165) is 48.4 Å². The first-order valence-corrected chi connectivity index (χ1v) is 14.8. The lowest BCUT2D eigenvalue weighted by Gasteiger charge is -2.39. The highest BCUT2D eigenvalue weighted by atomic mass is 35.5. The number of rotatable bonds is 13. The molecule has 4 rings (SSSR count). The van der Waals surface area contributed by atoms with Gasteiger partial charge in [-0.15, -0.1) is 11.3 Å². The molecule has 1 aromatic carbocycles. The SMILES string of the molecule is CCCCCCNC1CN(CCOC(=O)c2cccc3ncsc23)CCC1NC(=O)c1nc(Cl)c(CC)[nH]1. The summed E-state index contributed by atoms with van der Waals surface area (Å²) in [5.74, 6) is -0.316. The number of imidazole rings is 1. The monoisotopic (exact) mass is 560 g/mol. The molecule has 0 aliphatic carbocycles. The third-order valence-electron chi connectivity index (χ3n) is 6.96. The van der Waals surface area contributed by atoms with E-state index in [1.165, 1.54) is 30.6 Å². The van der Waals surface area contributed by atoms with E-state index < -0.39 is 0 Å². The molecule has 2 aromatic heterocycles. The van der Waals surface area contributed by atoms with Crippen LogP contribution in [-0.4, -0.2) is 76.6 Å². The van der Waals surface area contributed by atoms with Crippen LogP contribution in [0, 0.1) is 0 Å². The van der Waals surface area contributed by atoms with E-state index >= 15 is 0 Å². The zero-order chi connectivity index (χ0) is 26.9. The van der Waals surface area contributed by atoms with Gasteiger partial charge in [-0.3, -0.25) is 9.69 Å². The zero-order valence-corrected chi connectivity index (χ0v) is 23.7. The molecular weight excluding hydrogens is 524 g/mol. The topological polar surface area (TPSA) is 112 Å². The molecule has 0 spiro atoms. The quantitative estimate of drug-likeness (QED) is 0.209. The summed E-state index contributed by atoms with van der Waals surface area (Å²) in [4.78, 5) is 39.4. The number of halogens is 1. The lowest BCUT2D eigenvalue weighted by Crippen LogP contribution is -2.60. The Morgan fingerprint density at radius 3 is 2.89 bits per heavy atom. The first-order valence-electron chi connectivity index (χ1n) is 13.5. The standard InChI is InChI=1S/C27H37ClN6O3S/c1-3-5-6-7-12-29-22-16-34(13-11-20(22)32-26(35)25-31-19(4-2)24(28)33-25)14-15-37-27(36)18-9-8-10-21-23(18)38-17-30-21/h8-10,17,20,22,29H,3-7,11-16H2,1-2H3,(H,31,33)(H,32,35). The van der Waals surface area contributed by atoms with Crippen LogP contribution in [0.3, 0.4) is 0 Å². The van der Waals surface area contributed by atoms with Gasteiger partial charge in [0.25, 0.3) is 5.91 Å². The number of carbonyl (C=O) groups excluding carboxylic acids is 2. The average molecular weight is 561 g/mol. The number of esters is 1. The van der Waals surface area contributed by atoms with Crippen molar-refractivity contribution >= 4 is 45.0 Å². The minimum absolute atomic E-state index is 0.0367. The summed E-state index contributed by atoms with van der Waals surface area (Å²) < 4.78 is 6.48. The number of H-pyrrole nitrogens is 1. The van der Waals surface area contributed by atoms with Crippen molar-refractivity contribution < 1.29 is 14.3 Å². The molecule has 1 aliphatic heterocycles. The van der Waals surface area contributed by atoms with Crippen LogP contribution in [0.1, 0.15) is 72.6 Å². The third-order valence-corrected chi connectivity index (χ3v) is 8.15. The van der Waals surface area contributed by atoms with Gasteiger partial charge in [0.1, 0.15) is 6.61 Å². The molecule has 11 heteroatoms. The molecule has 1 saturated heterocycles. The number of aromatic nitrogens is 3. The molecule has 0 radical (unpaired) electrons. The summed E-state index contributed by atoms with van der Waals surface area (Å²) in [6, 6.07) is 5.54. The summed E-state index contributed by atoms with van der Waals surface area (Å²) in [6.45, 7) is 7.54. The molecular formula is C27H37ClN6O3S.